The predicted octanol–water partition coefficient (Wildman–Crippen LogP) is 7.72. The van der Waals surface area contributed by atoms with Crippen LogP contribution in [0.25, 0.3) is 0 Å². The van der Waals surface area contributed by atoms with E-state index in [1.165, 1.54) is 0 Å². The number of benzene rings is 2. The van der Waals surface area contributed by atoms with Gasteiger partial charge >= 0.3 is 6.18 Å². The number of nitrogens with zero attached hydrogens (tertiary/aromatic N) is 6. The van der Waals surface area contributed by atoms with Gasteiger partial charge in [-0.1, -0.05) is 45.0 Å². The number of para-hydroxylation sites is 2. The average molecular weight is 783 g/mol. The maximum Gasteiger partial charge on any atom is 0.433 e. The molecular weight excluding hydrogens is 733 g/mol. The molecule has 6 rings (SSSR count). The lowest BCUT2D eigenvalue weighted by Gasteiger charge is -2.36. The minimum atomic E-state index is -4.53. The fraction of sp³-hybridized carbons (Fsp3) is 0.512. The number of ketones is 2. The molecule has 0 radical (unpaired) electrons. The van der Waals surface area contributed by atoms with Crippen LogP contribution in [0.15, 0.2) is 54.6 Å². The molecule has 2 aromatic carbocycles. The molecule has 55 heavy (non-hydrogen) atoms. The summed E-state index contributed by atoms with van der Waals surface area (Å²) < 4.78 is 40.4. The lowest BCUT2D eigenvalue weighted by atomic mass is 9.95. The summed E-state index contributed by atoms with van der Waals surface area (Å²) in [4.78, 5) is 64.9. The highest BCUT2D eigenvalue weighted by molar-refractivity contribution is 6.17. The van der Waals surface area contributed by atoms with E-state index in [4.69, 9.17) is 11.6 Å². The molecule has 0 N–H and O–H groups in total. The first-order chi connectivity index (χ1) is 26.2. The van der Waals surface area contributed by atoms with Crippen LogP contribution >= 0.6 is 11.6 Å². The number of hydrogen-bond donors (Lipinski definition) is 0. The van der Waals surface area contributed by atoms with Gasteiger partial charge in [0.2, 0.25) is 11.8 Å². The van der Waals surface area contributed by atoms with Crippen molar-refractivity contribution in [2.45, 2.75) is 83.7 Å². The molecule has 0 atom stereocenters. The Morgan fingerprint density at radius 2 is 1.15 bits per heavy atom. The third kappa shape index (κ3) is 10.9. The number of rotatable bonds is 10. The van der Waals surface area contributed by atoms with Crippen molar-refractivity contribution in [3.05, 3.63) is 77.2 Å². The quantitative estimate of drug-likeness (QED) is 0.152. The van der Waals surface area contributed by atoms with E-state index in [2.05, 4.69) is 14.9 Å². The highest BCUT2D eigenvalue weighted by Gasteiger charge is 2.36. The molecule has 0 unspecified atom stereocenters. The van der Waals surface area contributed by atoms with Gasteiger partial charge in [0.05, 0.1) is 11.4 Å². The lowest BCUT2D eigenvalue weighted by molar-refractivity contribution is -0.141. The summed E-state index contributed by atoms with van der Waals surface area (Å²) in [6, 6.07) is 15.7. The van der Waals surface area contributed by atoms with Gasteiger partial charge in [-0.2, -0.15) is 13.2 Å². The molecule has 3 aromatic rings. The summed E-state index contributed by atoms with van der Waals surface area (Å²) in [6.45, 7) is 10.0. The van der Waals surface area contributed by atoms with Crippen LogP contribution in [0.3, 0.4) is 0 Å². The maximum atomic E-state index is 13.5. The monoisotopic (exact) mass is 782 g/mol. The minimum Gasteiger partial charge on any atom is -0.354 e. The molecule has 2 amide bonds. The van der Waals surface area contributed by atoms with E-state index in [0.717, 1.165) is 57.1 Å². The molecule has 296 valence electrons. The first kappa shape index (κ1) is 41.8. The molecule has 0 saturated carbocycles. The molecule has 3 aliphatic heterocycles. The van der Waals surface area contributed by atoms with Gasteiger partial charge in [-0.25, -0.2) is 9.97 Å². The average Bonchev–Trinajstić information content (AvgIpc) is 3.36. The van der Waals surface area contributed by atoms with Crippen LogP contribution in [-0.4, -0.2) is 89.9 Å². The number of carbonyl (C=O) groups is 4. The Morgan fingerprint density at radius 3 is 1.64 bits per heavy atom. The predicted molar refractivity (Wildman–Crippen MR) is 208 cm³/mol. The number of anilines is 3. The Kier molecular flexibility index (Phi) is 14.1. The van der Waals surface area contributed by atoms with Crippen LogP contribution in [0.1, 0.15) is 104 Å². The van der Waals surface area contributed by atoms with Gasteiger partial charge in [-0.3, -0.25) is 24.1 Å². The molecule has 0 bridgehead atoms. The molecule has 0 aliphatic carbocycles. The van der Waals surface area contributed by atoms with Gasteiger partial charge < -0.3 is 14.7 Å². The SMILES string of the molecule is CC(C)(C)c1nc(N2CCN(CCCCN3C(=O)CCC(=O)c4ccccc43)CC2)cc(C(F)(F)F)n1.O=C1CCC(=O)N(CCCCCl)c2ccccc21. The summed E-state index contributed by atoms with van der Waals surface area (Å²) in [7, 11) is 0. The number of aromatic nitrogens is 2. The summed E-state index contributed by atoms with van der Waals surface area (Å²) in [6.07, 6.45) is -0.0439. The van der Waals surface area contributed by atoms with Crippen LogP contribution < -0.4 is 14.7 Å². The lowest BCUT2D eigenvalue weighted by Crippen LogP contribution is -2.47. The van der Waals surface area contributed by atoms with Crippen molar-refractivity contribution < 1.29 is 32.3 Å². The molecule has 3 aliphatic rings. The van der Waals surface area contributed by atoms with Crippen molar-refractivity contribution in [1.29, 1.82) is 0 Å². The molecule has 4 heterocycles. The largest absolute Gasteiger partial charge is 0.433 e. The molecule has 10 nitrogen and oxygen atoms in total. The fourth-order valence-corrected chi connectivity index (χ4v) is 7.07. The highest BCUT2D eigenvalue weighted by Crippen LogP contribution is 2.33. The second-order valence-electron chi connectivity index (χ2n) is 15.1. The van der Waals surface area contributed by atoms with E-state index in [1.54, 1.807) is 42.7 Å². The van der Waals surface area contributed by atoms with Crippen LogP contribution in [0.4, 0.5) is 30.4 Å². The topological polar surface area (TPSA) is 107 Å². The summed E-state index contributed by atoms with van der Waals surface area (Å²) in [5, 5.41) is 0. The standard InChI is InChI=1S/C27H34F3N5O2.C14H16ClNO2/c1-26(2,3)25-31-22(27(28,29)30)18-23(32-25)34-16-14-33(15-17-34)12-6-7-13-35-20-9-5-4-8-19(20)21(36)10-11-24(35)37;15-9-3-4-10-16-12-6-2-1-5-11(12)13(17)7-8-14(16)18/h4-5,8-9,18H,6-7,10-17H2,1-3H3;1-2,5-6H,3-4,7-10H2. The van der Waals surface area contributed by atoms with Gasteiger partial charge in [0.15, 0.2) is 11.6 Å². The molecule has 1 aromatic heterocycles. The van der Waals surface area contributed by atoms with Crippen molar-refractivity contribution in [3.63, 3.8) is 0 Å². The number of amides is 2. The summed E-state index contributed by atoms with van der Waals surface area (Å²) in [5.74, 6) is 1.17. The first-order valence-corrected chi connectivity index (χ1v) is 19.6. The van der Waals surface area contributed by atoms with Crippen molar-refractivity contribution in [3.8, 4) is 0 Å². The van der Waals surface area contributed by atoms with Gasteiger partial charge in [0.25, 0.3) is 0 Å². The van der Waals surface area contributed by atoms with E-state index < -0.39 is 17.3 Å². The summed E-state index contributed by atoms with van der Waals surface area (Å²) >= 11 is 5.65. The van der Waals surface area contributed by atoms with Crippen molar-refractivity contribution in [2.24, 2.45) is 0 Å². The van der Waals surface area contributed by atoms with E-state index in [1.807, 2.05) is 41.3 Å². The second kappa shape index (κ2) is 18.5. The molecule has 1 saturated heterocycles. The second-order valence-corrected chi connectivity index (χ2v) is 15.5. The Labute approximate surface area is 326 Å². The fourth-order valence-electron chi connectivity index (χ4n) is 6.88. The van der Waals surface area contributed by atoms with Gasteiger partial charge in [0, 0.05) is 93.4 Å². The van der Waals surface area contributed by atoms with Gasteiger partial charge in [-0.15, -0.1) is 11.6 Å². The Morgan fingerprint density at radius 1 is 0.655 bits per heavy atom. The number of alkyl halides is 4. The molecule has 0 spiro atoms. The van der Waals surface area contributed by atoms with E-state index >= 15 is 0 Å². The molecule has 14 heteroatoms. The first-order valence-electron chi connectivity index (χ1n) is 19.0. The highest BCUT2D eigenvalue weighted by atomic mass is 35.5. The molecular formula is C41H50ClF3N6O4. The number of Topliss-reactive ketones (excluding diaryl/α,β-unsaturated/α-hetero) is 2. The number of fused-ring (bicyclic) bond motifs is 2. The minimum absolute atomic E-state index is 0.00461. The van der Waals surface area contributed by atoms with Crippen molar-refractivity contribution >= 4 is 52.2 Å². The number of hydrogen-bond acceptors (Lipinski definition) is 8. The number of piperazine rings is 1. The van der Waals surface area contributed by atoms with Crippen LogP contribution in [0.5, 0.6) is 0 Å². The maximum absolute atomic E-state index is 13.5. The number of unbranched alkanes of at least 4 members (excludes halogenated alkanes) is 2. The smallest absolute Gasteiger partial charge is 0.354 e. The number of halogens is 4. The van der Waals surface area contributed by atoms with Crippen LogP contribution in [0, 0.1) is 0 Å². The van der Waals surface area contributed by atoms with Crippen LogP contribution in [-0.2, 0) is 21.2 Å². The Bertz CT molecular complexity index is 1810. The Hall–Kier alpha value is -4.36. The van der Waals surface area contributed by atoms with Gasteiger partial charge in [-0.05, 0) is 56.5 Å². The third-order valence-corrected chi connectivity index (χ3v) is 10.2. The van der Waals surface area contributed by atoms with E-state index in [0.29, 0.717) is 67.5 Å². The van der Waals surface area contributed by atoms with E-state index in [-0.39, 0.29) is 42.0 Å². The van der Waals surface area contributed by atoms with Crippen molar-refractivity contribution in [1.82, 2.24) is 14.9 Å². The van der Waals surface area contributed by atoms with Crippen LogP contribution in [0.2, 0.25) is 0 Å². The zero-order chi connectivity index (χ0) is 39.8. The summed E-state index contributed by atoms with van der Waals surface area (Å²) in [5.41, 5.74) is 1.21. The van der Waals surface area contributed by atoms with Gasteiger partial charge in [0.1, 0.15) is 17.3 Å². The third-order valence-electron chi connectivity index (χ3n) is 9.97. The van der Waals surface area contributed by atoms with Crippen molar-refractivity contribution in [2.75, 3.05) is 66.4 Å². The number of carbonyl (C=O) groups excluding carboxylic acids is 4. The molecule has 1 fully saturated rings. The Balaban J connectivity index is 0.000000269. The zero-order valence-electron chi connectivity index (χ0n) is 31.8. The normalized spacial score (nSPS) is 17.0. The van der Waals surface area contributed by atoms with E-state index in [9.17, 15) is 32.3 Å². The zero-order valence-corrected chi connectivity index (χ0v) is 32.6.